The van der Waals surface area contributed by atoms with Gasteiger partial charge in [-0.05, 0) is 31.0 Å². The number of hydrogen-bond donors (Lipinski definition) is 1. The fourth-order valence-corrected chi connectivity index (χ4v) is 4.05. The number of rotatable bonds is 10. The van der Waals surface area contributed by atoms with E-state index in [-0.39, 0.29) is 10.8 Å². The Morgan fingerprint density at radius 1 is 1.08 bits per heavy atom. The maximum atomic E-state index is 12.6. The molecule has 1 aromatic carbocycles. The van der Waals surface area contributed by atoms with E-state index in [1.807, 2.05) is 6.92 Å². The van der Waals surface area contributed by atoms with Crippen LogP contribution in [0.1, 0.15) is 62.4 Å². The molecule has 1 N–H and O–H groups in total. The van der Waals surface area contributed by atoms with Gasteiger partial charge in [0.15, 0.2) is 0 Å². The number of unbranched alkanes of at least 4 members (excludes halogenated alkanes) is 3. The minimum absolute atomic E-state index is 0.174. The molecule has 0 bridgehead atoms. The van der Waals surface area contributed by atoms with Crippen molar-refractivity contribution in [3.8, 4) is 0 Å². The van der Waals surface area contributed by atoms with Gasteiger partial charge in [0.25, 0.3) is 5.91 Å². The van der Waals surface area contributed by atoms with Gasteiger partial charge in [-0.25, -0.2) is 8.42 Å². The molecule has 0 radical (unpaired) electrons. The normalized spacial score (nSPS) is 11.7. The maximum absolute atomic E-state index is 12.6. The van der Waals surface area contributed by atoms with Crippen molar-refractivity contribution in [2.75, 3.05) is 19.6 Å². The van der Waals surface area contributed by atoms with Crippen molar-refractivity contribution in [1.29, 1.82) is 0 Å². The zero-order chi connectivity index (χ0) is 18.2. The summed E-state index contributed by atoms with van der Waals surface area (Å²) in [6.07, 6.45) is 4.34. The predicted molar refractivity (Wildman–Crippen MR) is 97.8 cm³/mol. The number of carbonyl (C=O) groups excluding carboxylic acids is 1. The molecule has 0 aliphatic rings. The molecular weight excluding hydrogens is 324 g/mol. The molecule has 136 valence electrons. The van der Waals surface area contributed by atoms with E-state index in [1.54, 1.807) is 26.0 Å². The van der Waals surface area contributed by atoms with Crippen LogP contribution in [0, 0.1) is 6.92 Å². The van der Waals surface area contributed by atoms with Crippen LogP contribution in [0.2, 0.25) is 0 Å². The second-order valence-electron chi connectivity index (χ2n) is 5.88. The number of hydrogen-bond acceptors (Lipinski definition) is 3. The summed E-state index contributed by atoms with van der Waals surface area (Å²) in [6, 6.07) is 4.76. The van der Waals surface area contributed by atoms with Crippen LogP contribution in [0.15, 0.2) is 23.1 Å². The van der Waals surface area contributed by atoms with E-state index in [0.717, 1.165) is 31.2 Å². The monoisotopic (exact) mass is 354 g/mol. The van der Waals surface area contributed by atoms with Gasteiger partial charge < -0.3 is 5.32 Å². The summed E-state index contributed by atoms with van der Waals surface area (Å²) in [5.41, 5.74) is 1.21. The highest BCUT2D eigenvalue weighted by molar-refractivity contribution is 7.89. The second kappa shape index (κ2) is 9.79. The molecule has 0 fully saturated rings. The summed E-state index contributed by atoms with van der Waals surface area (Å²) in [5.74, 6) is -0.208. The van der Waals surface area contributed by atoms with E-state index < -0.39 is 10.0 Å². The first-order valence-corrected chi connectivity index (χ1v) is 10.2. The Morgan fingerprint density at radius 3 is 2.33 bits per heavy atom. The van der Waals surface area contributed by atoms with Gasteiger partial charge in [-0.3, -0.25) is 4.79 Å². The van der Waals surface area contributed by atoms with E-state index in [2.05, 4.69) is 12.2 Å². The molecule has 0 heterocycles. The lowest BCUT2D eigenvalue weighted by Gasteiger charge is -2.19. The van der Waals surface area contributed by atoms with Crippen molar-refractivity contribution in [1.82, 2.24) is 9.62 Å². The summed E-state index contributed by atoms with van der Waals surface area (Å²) in [6.45, 7) is 9.00. The molecule has 0 atom stereocenters. The third kappa shape index (κ3) is 5.31. The van der Waals surface area contributed by atoms with Gasteiger partial charge in [0.2, 0.25) is 10.0 Å². The topological polar surface area (TPSA) is 66.5 Å². The van der Waals surface area contributed by atoms with Gasteiger partial charge in [0.1, 0.15) is 0 Å². The summed E-state index contributed by atoms with van der Waals surface area (Å²) in [5, 5.41) is 2.89. The molecule has 0 spiro atoms. The first-order chi connectivity index (χ1) is 11.4. The van der Waals surface area contributed by atoms with Gasteiger partial charge in [-0.1, -0.05) is 46.1 Å². The Hall–Kier alpha value is -1.40. The lowest BCUT2D eigenvalue weighted by molar-refractivity contribution is 0.0952. The Bertz CT molecular complexity index is 638. The quantitative estimate of drug-likeness (QED) is 0.655. The Labute approximate surface area is 146 Å². The fraction of sp³-hybridized carbons (Fsp3) is 0.611. The van der Waals surface area contributed by atoms with Crippen molar-refractivity contribution < 1.29 is 13.2 Å². The van der Waals surface area contributed by atoms with Crippen molar-refractivity contribution in [2.24, 2.45) is 0 Å². The number of carbonyl (C=O) groups is 1. The third-order valence-electron chi connectivity index (χ3n) is 4.11. The van der Waals surface area contributed by atoms with Crippen molar-refractivity contribution in [3.63, 3.8) is 0 Å². The summed E-state index contributed by atoms with van der Waals surface area (Å²) < 4.78 is 26.6. The zero-order valence-corrected chi connectivity index (χ0v) is 16.1. The highest BCUT2D eigenvalue weighted by atomic mass is 32.2. The largest absolute Gasteiger partial charge is 0.352 e. The summed E-state index contributed by atoms with van der Waals surface area (Å²) in [4.78, 5) is 12.5. The molecule has 0 saturated carbocycles. The summed E-state index contributed by atoms with van der Waals surface area (Å²) in [7, 11) is -3.55. The number of sulfonamides is 1. The number of benzene rings is 1. The average Bonchev–Trinajstić information content (AvgIpc) is 2.55. The van der Waals surface area contributed by atoms with E-state index in [0.29, 0.717) is 25.2 Å². The van der Waals surface area contributed by atoms with Gasteiger partial charge in [-0.2, -0.15) is 4.31 Å². The van der Waals surface area contributed by atoms with Crippen LogP contribution >= 0.6 is 0 Å². The molecule has 0 unspecified atom stereocenters. The third-order valence-corrected chi connectivity index (χ3v) is 6.16. The van der Waals surface area contributed by atoms with Crippen LogP contribution in [-0.2, 0) is 10.0 Å². The zero-order valence-electron chi connectivity index (χ0n) is 15.3. The molecule has 6 heteroatoms. The predicted octanol–water partition coefficient (Wildman–Crippen LogP) is 3.34. The Balaban J connectivity index is 2.92. The molecule has 0 aliphatic heterocycles. The summed E-state index contributed by atoms with van der Waals surface area (Å²) >= 11 is 0. The van der Waals surface area contributed by atoms with Crippen LogP contribution in [0.3, 0.4) is 0 Å². The molecule has 24 heavy (non-hydrogen) atoms. The van der Waals surface area contributed by atoms with Crippen LogP contribution in [-0.4, -0.2) is 38.3 Å². The number of nitrogens with one attached hydrogen (secondary N) is 1. The Morgan fingerprint density at radius 2 is 1.75 bits per heavy atom. The fourth-order valence-electron chi connectivity index (χ4n) is 2.57. The Kier molecular flexibility index (Phi) is 8.42. The van der Waals surface area contributed by atoms with Crippen LogP contribution < -0.4 is 5.32 Å². The van der Waals surface area contributed by atoms with Gasteiger partial charge in [-0.15, -0.1) is 0 Å². The molecule has 1 amide bonds. The van der Waals surface area contributed by atoms with Crippen LogP contribution in [0.25, 0.3) is 0 Å². The number of nitrogens with zero attached hydrogens (tertiary/aromatic N) is 1. The molecule has 5 nitrogen and oxygen atoms in total. The van der Waals surface area contributed by atoms with E-state index >= 15 is 0 Å². The number of amides is 1. The van der Waals surface area contributed by atoms with Crippen molar-refractivity contribution >= 4 is 15.9 Å². The van der Waals surface area contributed by atoms with Gasteiger partial charge >= 0.3 is 0 Å². The van der Waals surface area contributed by atoms with E-state index in [4.69, 9.17) is 0 Å². The van der Waals surface area contributed by atoms with Crippen molar-refractivity contribution in [2.45, 2.75) is 58.3 Å². The molecule has 0 aromatic heterocycles. The SMILES string of the molecule is CCCCCCNC(=O)c1cc(S(=O)(=O)N(CC)CC)ccc1C. The van der Waals surface area contributed by atoms with E-state index in [1.165, 1.54) is 10.4 Å². The first kappa shape index (κ1) is 20.6. The van der Waals surface area contributed by atoms with Crippen LogP contribution in [0.5, 0.6) is 0 Å². The average molecular weight is 355 g/mol. The molecule has 0 saturated heterocycles. The van der Waals surface area contributed by atoms with Crippen LogP contribution in [0.4, 0.5) is 0 Å². The smallest absolute Gasteiger partial charge is 0.251 e. The lowest BCUT2D eigenvalue weighted by atomic mass is 10.1. The first-order valence-electron chi connectivity index (χ1n) is 8.77. The second-order valence-corrected chi connectivity index (χ2v) is 7.82. The molecule has 1 aromatic rings. The van der Waals surface area contributed by atoms with Gasteiger partial charge in [0, 0.05) is 25.2 Å². The minimum atomic E-state index is -3.55. The highest BCUT2D eigenvalue weighted by Gasteiger charge is 2.23. The molecule has 1 rings (SSSR count). The molecular formula is C18H30N2O3S. The highest BCUT2D eigenvalue weighted by Crippen LogP contribution is 2.19. The van der Waals surface area contributed by atoms with Crippen molar-refractivity contribution in [3.05, 3.63) is 29.3 Å². The maximum Gasteiger partial charge on any atom is 0.251 e. The standard InChI is InChI=1S/C18H30N2O3S/c1-5-8-9-10-13-19-18(21)17-14-16(12-11-15(17)4)24(22,23)20(6-2)7-3/h11-12,14H,5-10,13H2,1-4H3,(H,19,21). The van der Waals surface area contributed by atoms with E-state index in [9.17, 15) is 13.2 Å². The molecule has 0 aliphatic carbocycles. The minimum Gasteiger partial charge on any atom is -0.352 e. The van der Waals surface area contributed by atoms with Gasteiger partial charge in [0.05, 0.1) is 4.90 Å². The number of aryl methyl sites for hydroxylation is 1. The lowest BCUT2D eigenvalue weighted by Crippen LogP contribution is -2.31.